The Morgan fingerprint density at radius 3 is 2.27 bits per heavy atom. The lowest BCUT2D eigenvalue weighted by molar-refractivity contribution is -0.132. The van der Waals surface area contributed by atoms with Crippen molar-refractivity contribution in [2.75, 3.05) is 13.6 Å². The Hall–Kier alpha value is -1.39. The van der Waals surface area contributed by atoms with Crippen molar-refractivity contribution < 1.29 is 14.4 Å². The van der Waals surface area contributed by atoms with Crippen LogP contribution in [0, 0.1) is 5.92 Å². The summed E-state index contributed by atoms with van der Waals surface area (Å²) < 4.78 is 0. The molecule has 5 nitrogen and oxygen atoms in total. The summed E-state index contributed by atoms with van der Waals surface area (Å²) in [5, 5.41) is 0. The summed E-state index contributed by atoms with van der Waals surface area (Å²) in [6, 6.07) is -0.814. The molecular formula is C10H16N2O3. The second-order valence-electron chi connectivity index (χ2n) is 4.21. The van der Waals surface area contributed by atoms with Crippen molar-refractivity contribution in [3.05, 3.63) is 0 Å². The monoisotopic (exact) mass is 212 g/mol. The fourth-order valence-corrected chi connectivity index (χ4v) is 1.83. The first kappa shape index (κ1) is 11.7. The fourth-order valence-electron chi connectivity index (χ4n) is 1.83. The van der Waals surface area contributed by atoms with Crippen LogP contribution in [0.2, 0.25) is 0 Å². The van der Waals surface area contributed by atoms with Crippen molar-refractivity contribution in [3.8, 4) is 0 Å². The van der Waals surface area contributed by atoms with Gasteiger partial charge < -0.3 is 4.90 Å². The van der Waals surface area contributed by atoms with Gasteiger partial charge in [-0.1, -0.05) is 13.8 Å². The summed E-state index contributed by atoms with van der Waals surface area (Å²) in [6.07, 6.45) is 0. The Kier molecular flexibility index (Phi) is 3.12. The van der Waals surface area contributed by atoms with Crippen LogP contribution in [0.3, 0.4) is 0 Å². The highest BCUT2D eigenvalue weighted by atomic mass is 16.2. The minimum atomic E-state index is -0.433. The number of likely N-dealkylation sites (N-methyl/N-ethyl adjacent to an activating group) is 1. The molecule has 0 aromatic rings. The molecule has 0 aromatic heterocycles. The van der Waals surface area contributed by atoms with E-state index in [1.54, 1.807) is 7.05 Å². The lowest BCUT2D eigenvalue weighted by atomic mass is 10.0. The van der Waals surface area contributed by atoms with Gasteiger partial charge in [0.1, 0.15) is 11.8 Å². The highest BCUT2D eigenvalue weighted by molar-refractivity contribution is 6.06. The molecule has 1 atom stereocenters. The number of rotatable bonds is 3. The topological polar surface area (TPSA) is 57.7 Å². The second-order valence-corrected chi connectivity index (χ2v) is 4.21. The van der Waals surface area contributed by atoms with Crippen LogP contribution in [0.5, 0.6) is 0 Å². The van der Waals surface area contributed by atoms with Gasteiger partial charge in [-0.05, 0) is 12.8 Å². The number of hydrogen-bond donors (Lipinski definition) is 0. The zero-order valence-corrected chi connectivity index (χ0v) is 9.48. The Morgan fingerprint density at radius 1 is 1.40 bits per heavy atom. The number of carbonyl (C=O) groups is 3. The standard InChI is InChI=1S/C10H16N2O3/c1-6(2)8-9(14)12(5-7(3)13)10(15)11(8)4/h6,8H,5H2,1-4H3. The van der Waals surface area contributed by atoms with Gasteiger partial charge in [-0.25, -0.2) is 4.79 Å². The van der Waals surface area contributed by atoms with E-state index in [9.17, 15) is 14.4 Å². The van der Waals surface area contributed by atoms with E-state index in [1.165, 1.54) is 11.8 Å². The van der Waals surface area contributed by atoms with Crippen LogP contribution in [-0.4, -0.2) is 47.2 Å². The molecule has 1 saturated heterocycles. The molecule has 3 amide bonds. The predicted octanol–water partition coefficient (Wildman–Crippen LogP) is 0.494. The van der Waals surface area contributed by atoms with Crippen LogP contribution in [-0.2, 0) is 9.59 Å². The van der Waals surface area contributed by atoms with Crippen LogP contribution >= 0.6 is 0 Å². The van der Waals surface area contributed by atoms with E-state index in [0.717, 1.165) is 4.90 Å². The molecule has 15 heavy (non-hydrogen) atoms. The number of nitrogens with zero attached hydrogens (tertiary/aromatic N) is 2. The summed E-state index contributed by atoms with van der Waals surface area (Å²) >= 11 is 0. The zero-order chi connectivity index (χ0) is 11.7. The van der Waals surface area contributed by atoms with Gasteiger partial charge in [0, 0.05) is 7.05 Å². The zero-order valence-electron chi connectivity index (χ0n) is 9.48. The number of carbonyl (C=O) groups excluding carboxylic acids is 3. The van der Waals surface area contributed by atoms with Crippen LogP contribution in [0.15, 0.2) is 0 Å². The average molecular weight is 212 g/mol. The molecule has 1 fully saturated rings. The fraction of sp³-hybridized carbons (Fsp3) is 0.700. The molecule has 1 unspecified atom stereocenters. The SMILES string of the molecule is CC(=O)CN1C(=O)C(C(C)C)N(C)C1=O. The quantitative estimate of drug-likeness (QED) is 0.640. The van der Waals surface area contributed by atoms with Crippen molar-refractivity contribution in [1.29, 1.82) is 0 Å². The molecule has 1 aliphatic heterocycles. The van der Waals surface area contributed by atoms with Crippen LogP contribution in [0.1, 0.15) is 20.8 Å². The summed E-state index contributed by atoms with van der Waals surface area (Å²) in [5.74, 6) is -0.398. The van der Waals surface area contributed by atoms with Gasteiger partial charge in [-0.2, -0.15) is 0 Å². The molecule has 0 radical (unpaired) electrons. The molecule has 1 rings (SSSR count). The summed E-state index contributed by atoms with van der Waals surface area (Å²) in [5.41, 5.74) is 0. The molecule has 0 aliphatic carbocycles. The van der Waals surface area contributed by atoms with E-state index in [-0.39, 0.29) is 30.2 Å². The molecule has 5 heteroatoms. The number of Topliss-reactive ketones (excluding diaryl/α,β-unsaturated/α-hetero) is 1. The van der Waals surface area contributed by atoms with Crippen molar-refractivity contribution in [3.63, 3.8) is 0 Å². The number of imide groups is 1. The van der Waals surface area contributed by atoms with Crippen LogP contribution in [0.4, 0.5) is 4.79 Å². The number of urea groups is 1. The number of ketones is 1. The molecule has 0 spiro atoms. The molecule has 0 bridgehead atoms. The maximum absolute atomic E-state index is 11.8. The Labute approximate surface area is 89.0 Å². The highest BCUT2D eigenvalue weighted by Gasteiger charge is 2.44. The van der Waals surface area contributed by atoms with Crippen molar-refractivity contribution >= 4 is 17.7 Å². The van der Waals surface area contributed by atoms with Gasteiger partial charge >= 0.3 is 6.03 Å². The largest absolute Gasteiger partial charge is 0.327 e. The van der Waals surface area contributed by atoms with E-state index < -0.39 is 6.04 Å². The lowest BCUT2D eigenvalue weighted by Gasteiger charge is -2.19. The van der Waals surface area contributed by atoms with E-state index in [4.69, 9.17) is 0 Å². The first-order chi connectivity index (χ1) is 6.86. The minimum absolute atomic E-state index is 0.0587. The molecule has 84 valence electrons. The van der Waals surface area contributed by atoms with Gasteiger partial charge in [0.15, 0.2) is 0 Å². The number of amides is 3. The van der Waals surface area contributed by atoms with Crippen molar-refractivity contribution in [1.82, 2.24) is 9.80 Å². The first-order valence-electron chi connectivity index (χ1n) is 4.94. The third-order valence-electron chi connectivity index (χ3n) is 2.48. The molecule has 1 aliphatic rings. The predicted molar refractivity (Wildman–Crippen MR) is 54.2 cm³/mol. The lowest BCUT2D eigenvalue weighted by Crippen LogP contribution is -2.36. The smallest absolute Gasteiger partial charge is 0.315 e. The summed E-state index contributed by atoms with van der Waals surface area (Å²) in [7, 11) is 1.59. The van der Waals surface area contributed by atoms with Crippen LogP contribution < -0.4 is 0 Å². The Morgan fingerprint density at radius 2 is 1.93 bits per heavy atom. The molecule has 1 heterocycles. The third-order valence-corrected chi connectivity index (χ3v) is 2.48. The second kappa shape index (κ2) is 4.00. The van der Waals surface area contributed by atoms with Gasteiger partial charge in [0.05, 0.1) is 6.54 Å². The van der Waals surface area contributed by atoms with Gasteiger partial charge in [-0.3, -0.25) is 14.5 Å². The molecular weight excluding hydrogens is 196 g/mol. The Balaban J connectivity index is 2.90. The average Bonchev–Trinajstić information content (AvgIpc) is 2.29. The normalized spacial score (nSPS) is 21.8. The Bertz CT molecular complexity index is 312. The molecule has 0 N–H and O–H groups in total. The highest BCUT2D eigenvalue weighted by Crippen LogP contribution is 2.21. The maximum Gasteiger partial charge on any atom is 0.327 e. The van der Waals surface area contributed by atoms with E-state index in [2.05, 4.69) is 0 Å². The van der Waals surface area contributed by atoms with Crippen molar-refractivity contribution in [2.24, 2.45) is 5.92 Å². The van der Waals surface area contributed by atoms with E-state index >= 15 is 0 Å². The maximum atomic E-state index is 11.8. The van der Waals surface area contributed by atoms with Gasteiger partial charge in [-0.15, -0.1) is 0 Å². The summed E-state index contributed by atoms with van der Waals surface area (Å²) in [4.78, 5) is 36.8. The van der Waals surface area contributed by atoms with Crippen LogP contribution in [0.25, 0.3) is 0 Å². The molecule has 0 aromatic carbocycles. The van der Waals surface area contributed by atoms with Gasteiger partial charge in [0.2, 0.25) is 0 Å². The summed E-state index contributed by atoms with van der Waals surface area (Å²) in [6.45, 7) is 5.00. The number of hydrogen-bond acceptors (Lipinski definition) is 3. The minimum Gasteiger partial charge on any atom is -0.315 e. The van der Waals surface area contributed by atoms with Crippen molar-refractivity contribution in [2.45, 2.75) is 26.8 Å². The van der Waals surface area contributed by atoms with E-state index in [0.29, 0.717) is 0 Å². The van der Waals surface area contributed by atoms with Gasteiger partial charge in [0.25, 0.3) is 5.91 Å². The first-order valence-corrected chi connectivity index (χ1v) is 4.94. The molecule has 0 saturated carbocycles. The van der Waals surface area contributed by atoms with E-state index in [1.807, 2.05) is 13.8 Å². The third kappa shape index (κ3) is 2.00.